The molecule has 1 saturated heterocycles. The summed E-state index contributed by atoms with van der Waals surface area (Å²) in [5.41, 5.74) is 1.80. The smallest absolute Gasteiger partial charge is 0.233 e. The lowest BCUT2D eigenvalue weighted by Gasteiger charge is -2.35. The molecular weight excluding hydrogens is 410 g/mol. The molecule has 7 nitrogen and oxygen atoms in total. The van der Waals surface area contributed by atoms with Gasteiger partial charge in [0.1, 0.15) is 18.1 Å². The van der Waals surface area contributed by atoms with Crippen molar-refractivity contribution in [2.75, 3.05) is 25.4 Å². The molecule has 1 N–H and O–H groups in total. The van der Waals surface area contributed by atoms with E-state index in [4.69, 9.17) is 4.42 Å². The van der Waals surface area contributed by atoms with Gasteiger partial charge in [0.15, 0.2) is 0 Å². The molecule has 0 bridgehead atoms. The van der Waals surface area contributed by atoms with Gasteiger partial charge in [0.25, 0.3) is 0 Å². The number of carbonyl (C=O) groups excluding carboxylic acids is 1. The second-order valence-electron chi connectivity index (χ2n) is 6.71. The Morgan fingerprint density at radius 3 is 2.93 bits per heavy atom. The Bertz CT molecular complexity index is 930. The molecule has 9 heteroatoms. The molecule has 4 rings (SSSR count). The number of hydrogen-bond donors (Lipinski definition) is 1. The number of nitrogens with zero attached hydrogens (tertiary/aromatic N) is 4. The van der Waals surface area contributed by atoms with E-state index in [1.807, 2.05) is 53.0 Å². The van der Waals surface area contributed by atoms with Crippen LogP contribution in [0.2, 0.25) is 0 Å². The highest BCUT2D eigenvalue weighted by Crippen LogP contribution is 2.23. The third-order valence-electron chi connectivity index (χ3n) is 4.77. The van der Waals surface area contributed by atoms with E-state index >= 15 is 0 Å². The molecule has 0 aliphatic carbocycles. The van der Waals surface area contributed by atoms with Crippen molar-refractivity contribution in [3.8, 4) is 11.5 Å². The van der Waals surface area contributed by atoms with E-state index in [9.17, 15) is 4.79 Å². The molecule has 1 atom stereocenters. The van der Waals surface area contributed by atoms with Crippen LogP contribution in [-0.4, -0.2) is 50.7 Å². The zero-order valence-electron chi connectivity index (χ0n) is 16.2. The maximum absolute atomic E-state index is 12.8. The number of carbonyl (C=O) groups is 1. The zero-order valence-corrected chi connectivity index (χ0v) is 17.8. The van der Waals surface area contributed by atoms with E-state index in [1.54, 1.807) is 24.2 Å². The summed E-state index contributed by atoms with van der Waals surface area (Å²) in [7, 11) is 1.96. The maximum Gasteiger partial charge on any atom is 0.233 e. The Morgan fingerprint density at radius 1 is 1.34 bits per heavy atom. The lowest BCUT2D eigenvalue weighted by atomic mass is 10.1. The van der Waals surface area contributed by atoms with E-state index in [-0.39, 0.29) is 24.4 Å². The van der Waals surface area contributed by atoms with Gasteiger partial charge in [-0.3, -0.25) is 4.79 Å². The molecule has 3 aromatic rings. The van der Waals surface area contributed by atoms with Crippen molar-refractivity contribution in [1.82, 2.24) is 24.8 Å². The van der Waals surface area contributed by atoms with Crippen LogP contribution in [-0.2, 0) is 17.6 Å². The first-order valence-corrected chi connectivity index (χ1v) is 10.4. The minimum absolute atomic E-state index is 0. The Labute approximate surface area is 180 Å². The minimum atomic E-state index is -0.0291. The third-order valence-corrected chi connectivity index (χ3v) is 5.72. The average Bonchev–Trinajstić information content (AvgIpc) is 3.38. The van der Waals surface area contributed by atoms with Gasteiger partial charge in [0.2, 0.25) is 11.8 Å². The molecule has 154 valence electrons. The standard InChI is InChI=1S/C20H23N5O2S.ClH/c1-24-9-8-22-19(24)17-11-21-7-10-25(17)18(26)14-28-13-16-12-27-20(23-16)15-5-3-2-4-6-15;/h2-6,8-9,12,17,21H,7,10-11,13-14H2,1H3;1H. The summed E-state index contributed by atoms with van der Waals surface area (Å²) in [4.78, 5) is 23.7. The summed E-state index contributed by atoms with van der Waals surface area (Å²) in [5, 5.41) is 3.36. The topological polar surface area (TPSA) is 76.2 Å². The Morgan fingerprint density at radius 2 is 2.17 bits per heavy atom. The van der Waals surface area contributed by atoms with E-state index in [0.717, 1.165) is 30.2 Å². The number of aromatic nitrogens is 3. The molecule has 1 aromatic carbocycles. The molecule has 2 aromatic heterocycles. The van der Waals surface area contributed by atoms with Gasteiger partial charge in [0.05, 0.1) is 11.4 Å². The van der Waals surface area contributed by atoms with E-state index in [1.165, 1.54) is 0 Å². The molecular formula is C20H24ClN5O2S. The van der Waals surface area contributed by atoms with Crippen molar-refractivity contribution in [2.24, 2.45) is 7.05 Å². The van der Waals surface area contributed by atoms with Crippen molar-refractivity contribution < 1.29 is 9.21 Å². The number of aryl methyl sites for hydroxylation is 1. The molecule has 1 aliphatic rings. The maximum atomic E-state index is 12.8. The summed E-state index contributed by atoms with van der Waals surface area (Å²) < 4.78 is 7.54. The highest BCUT2D eigenvalue weighted by atomic mass is 35.5. The molecule has 1 fully saturated rings. The van der Waals surface area contributed by atoms with Crippen molar-refractivity contribution in [3.63, 3.8) is 0 Å². The third kappa shape index (κ3) is 5.01. The van der Waals surface area contributed by atoms with Crippen LogP contribution in [0, 0.1) is 0 Å². The Balaban J connectivity index is 0.00000240. The van der Waals surface area contributed by atoms with Crippen molar-refractivity contribution in [3.05, 3.63) is 60.5 Å². The van der Waals surface area contributed by atoms with Gasteiger partial charge in [-0.05, 0) is 12.1 Å². The van der Waals surface area contributed by atoms with E-state index in [0.29, 0.717) is 23.9 Å². The lowest BCUT2D eigenvalue weighted by molar-refractivity contribution is -0.131. The first-order valence-electron chi connectivity index (χ1n) is 9.27. The number of hydrogen-bond acceptors (Lipinski definition) is 6. The predicted octanol–water partition coefficient (Wildman–Crippen LogP) is 2.90. The van der Waals surface area contributed by atoms with Crippen molar-refractivity contribution in [1.29, 1.82) is 0 Å². The number of piperazine rings is 1. The number of imidazole rings is 1. The van der Waals surface area contributed by atoms with Crippen LogP contribution in [0.3, 0.4) is 0 Å². The molecule has 0 saturated carbocycles. The second-order valence-corrected chi connectivity index (χ2v) is 7.69. The van der Waals surface area contributed by atoms with Gasteiger partial charge in [-0.1, -0.05) is 18.2 Å². The van der Waals surface area contributed by atoms with Gasteiger partial charge in [0, 0.05) is 50.4 Å². The minimum Gasteiger partial charge on any atom is -0.444 e. The first-order chi connectivity index (χ1) is 13.7. The molecule has 1 amide bonds. The zero-order chi connectivity index (χ0) is 19.3. The number of rotatable bonds is 6. The van der Waals surface area contributed by atoms with Crippen LogP contribution < -0.4 is 5.32 Å². The van der Waals surface area contributed by atoms with Gasteiger partial charge in [-0.25, -0.2) is 9.97 Å². The first kappa shape index (κ1) is 21.4. The number of oxazole rings is 1. The van der Waals surface area contributed by atoms with Gasteiger partial charge < -0.3 is 19.2 Å². The monoisotopic (exact) mass is 433 g/mol. The van der Waals surface area contributed by atoms with Crippen LogP contribution in [0.5, 0.6) is 0 Å². The van der Waals surface area contributed by atoms with Crippen LogP contribution in [0.15, 0.2) is 53.4 Å². The van der Waals surface area contributed by atoms with Gasteiger partial charge in [-0.2, -0.15) is 0 Å². The lowest BCUT2D eigenvalue weighted by Crippen LogP contribution is -2.50. The quantitative estimate of drug-likeness (QED) is 0.644. The van der Waals surface area contributed by atoms with Crippen LogP contribution >= 0.6 is 24.2 Å². The van der Waals surface area contributed by atoms with E-state index in [2.05, 4.69) is 15.3 Å². The highest BCUT2D eigenvalue weighted by molar-refractivity contribution is 7.99. The van der Waals surface area contributed by atoms with Crippen molar-refractivity contribution >= 4 is 30.1 Å². The Kier molecular flexibility index (Phi) is 7.35. The molecule has 0 radical (unpaired) electrons. The normalized spacial score (nSPS) is 16.4. The van der Waals surface area contributed by atoms with E-state index < -0.39 is 0 Å². The fourth-order valence-corrected chi connectivity index (χ4v) is 4.13. The molecule has 3 heterocycles. The molecule has 1 aliphatic heterocycles. The summed E-state index contributed by atoms with van der Waals surface area (Å²) in [6.45, 7) is 2.23. The number of nitrogens with one attached hydrogen (secondary N) is 1. The van der Waals surface area contributed by atoms with Crippen LogP contribution in [0.1, 0.15) is 17.6 Å². The molecule has 1 unspecified atom stereocenters. The predicted molar refractivity (Wildman–Crippen MR) is 116 cm³/mol. The average molecular weight is 434 g/mol. The number of halogens is 1. The van der Waals surface area contributed by atoms with Crippen molar-refractivity contribution in [2.45, 2.75) is 11.8 Å². The number of benzene rings is 1. The van der Waals surface area contributed by atoms with Crippen LogP contribution in [0.4, 0.5) is 0 Å². The molecule has 29 heavy (non-hydrogen) atoms. The molecule has 0 spiro atoms. The fourth-order valence-electron chi connectivity index (χ4n) is 3.34. The summed E-state index contributed by atoms with van der Waals surface area (Å²) in [6, 6.07) is 9.78. The number of amides is 1. The fraction of sp³-hybridized carbons (Fsp3) is 0.350. The number of thioether (sulfide) groups is 1. The van der Waals surface area contributed by atoms with Gasteiger partial charge >= 0.3 is 0 Å². The van der Waals surface area contributed by atoms with Gasteiger partial charge in [-0.15, -0.1) is 24.2 Å². The summed E-state index contributed by atoms with van der Waals surface area (Å²) in [5.74, 6) is 2.70. The SMILES string of the molecule is Cl.Cn1ccnc1C1CNCCN1C(=O)CSCc1coc(-c2ccccc2)n1. The van der Waals surface area contributed by atoms with Crippen LogP contribution in [0.25, 0.3) is 11.5 Å². The Hall–Kier alpha value is -2.29. The highest BCUT2D eigenvalue weighted by Gasteiger charge is 2.30. The summed E-state index contributed by atoms with van der Waals surface area (Å²) in [6.07, 6.45) is 5.35. The second kappa shape index (κ2) is 9.96. The summed E-state index contributed by atoms with van der Waals surface area (Å²) >= 11 is 1.56. The largest absolute Gasteiger partial charge is 0.444 e.